The maximum absolute atomic E-state index is 12.3. The number of likely N-dealkylation sites (tertiary alicyclic amines) is 1. The van der Waals surface area contributed by atoms with Gasteiger partial charge in [0.1, 0.15) is 0 Å². The number of benzene rings is 1. The number of Topliss-reactive ketones (excluding diaryl/α,β-unsaturated/α-hetero) is 1. The van der Waals surface area contributed by atoms with Gasteiger partial charge in [-0.1, -0.05) is 30.7 Å². The van der Waals surface area contributed by atoms with E-state index in [2.05, 4.69) is 18.7 Å². The molecule has 2 rings (SSSR count). The summed E-state index contributed by atoms with van der Waals surface area (Å²) in [5, 5.41) is 0. The molecular weight excluding hydrogens is 246 g/mol. The number of rotatable bonds is 5. The van der Waals surface area contributed by atoms with Crippen molar-refractivity contribution in [2.75, 3.05) is 6.54 Å². The van der Waals surface area contributed by atoms with Gasteiger partial charge in [-0.2, -0.15) is 0 Å². The van der Waals surface area contributed by atoms with Crippen molar-refractivity contribution in [2.45, 2.75) is 65.0 Å². The van der Waals surface area contributed by atoms with Gasteiger partial charge in [0.2, 0.25) is 0 Å². The topological polar surface area (TPSA) is 20.3 Å². The van der Waals surface area contributed by atoms with E-state index in [1.54, 1.807) is 0 Å². The maximum Gasteiger partial charge on any atom is 0.163 e. The van der Waals surface area contributed by atoms with Crippen molar-refractivity contribution in [1.29, 1.82) is 0 Å². The number of nitrogens with zero attached hydrogens (tertiary/aromatic N) is 1. The van der Waals surface area contributed by atoms with E-state index in [-0.39, 0.29) is 0 Å². The first kappa shape index (κ1) is 15.2. The van der Waals surface area contributed by atoms with E-state index >= 15 is 0 Å². The summed E-state index contributed by atoms with van der Waals surface area (Å²) in [5.41, 5.74) is 1.99. The number of piperidine rings is 1. The van der Waals surface area contributed by atoms with Crippen LogP contribution in [0.25, 0.3) is 0 Å². The molecule has 0 aliphatic carbocycles. The van der Waals surface area contributed by atoms with Gasteiger partial charge in [-0.25, -0.2) is 0 Å². The third-order valence-electron chi connectivity index (χ3n) is 4.64. The maximum atomic E-state index is 12.3. The zero-order valence-electron chi connectivity index (χ0n) is 13.1. The van der Waals surface area contributed by atoms with Gasteiger partial charge in [0.15, 0.2) is 5.78 Å². The summed E-state index contributed by atoms with van der Waals surface area (Å²) in [5.74, 6) is 0.292. The molecule has 1 aromatic carbocycles. The molecule has 1 fully saturated rings. The quantitative estimate of drug-likeness (QED) is 0.749. The van der Waals surface area contributed by atoms with Crippen LogP contribution < -0.4 is 0 Å². The molecule has 0 aromatic heterocycles. The van der Waals surface area contributed by atoms with E-state index in [1.807, 2.05) is 31.2 Å². The molecule has 2 unspecified atom stereocenters. The Morgan fingerprint density at radius 2 is 1.85 bits per heavy atom. The highest BCUT2D eigenvalue weighted by Gasteiger charge is 2.24. The second-order valence-electron chi connectivity index (χ2n) is 6.21. The molecule has 0 spiro atoms. The molecular formula is C18H27NO. The van der Waals surface area contributed by atoms with Crippen molar-refractivity contribution in [3.8, 4) is 0 Å². The van der Waals surface area contributed by atoms with Crippen LogP contribution in [0.2, 0.25) is 0 Å². The van der Waals surface area contributed by atoms with Crippen LogP contribution in [0.3, 0.4) is 0 Å². The number of hydrogen-bond donors (Lipinski definition) is 0. The SMILES string of the molecule is Cc1ccccc1C(=O)CCCN1C(C)CCCC1C. The lowest BCUT2D eigenvalue weighted by Crippen LogP contribution is -2.44. The van der Waals surface area contributed by atoms with E-state index in [0.29, 0.717) is 24.3 Å². The zero-order valence-corrected chi connectivity index (χ0v) is 13.1. The van der Waals surface area contributed by atoms with Gasteiger partial charge in [-0.15, -0.1) is 0 Å². The fourth-order valence-electron chi connectivity index (χ4n) is 3.36. The zero-order chi connectivity index (χ0) is 14.5. The van der Waals surface area contributed by atoms with Gasteiger partial charge in [-0.05, 0) is 52.1 Å². The number of hydrogen-bond acceptors (Lipinski definition) is 2. The fourth-order valence-corrected chi connectivity index (χ4v) is 3.36. The molecule has 0 N–H and O–H groups in total. The number of ketones is 1. The summed E-state index contributed by atoms with van der Waals surface area (Å²) < 4.78 is 0. The summed E-state index contributed by atoms with van der Waals surface area (Å²) in [6.07, 6.45) is 5.59. The first-order valence-corrected chi connectivity index (χ1v) is 7.94. The third kappa shape index (κ3) is 3.69. The Morgan fingerprint density at radius 3 is 2.50 bits per heavy atom. The highest BCUT2D eigenvalue weighted by molar-refractivity contribution is 5.97. The standard InChI is InChI=1S/C18H27NO/c1-14-8-4-5-11-17(14)18(20)12-7-13-19-15(2)9-6-10-16(19)3/h4-5,8,11,15-16H,6-7,9-10,12-13H2,1-3H3. The van der Waals surface area contributed by atoms with Gasteiger partial charge < -0.3 is 0 Å². The van der Waals surface area contributed by atoms with E-state index in [4.69, 9.17) is 0 Å². The van der Waals surface area contributed by atoms with Crippen molar-refractivity contribution >= 4 is 5.78 Å². The van der Waals surface area contributed by atoms with Crippen LogP contribution in [-0.4, -0.2) is 29.3 Å². The summed E-state index contributed by atoms with van der Waals surface area (Å²) in [6.45, 7) is 7.71. The lowest BCUT2D eigenvalue weighted by atomic mass is 9.96. The molecule has 1 aliphatic rings. The normalized spacial score (nSPS) is 23.8. The Labute approximate surface area is 123 Å². The number of carbonyl (C=O) groups excluding carboxylic acids is 1. The van der Waals surface area contributed by atoms with E-state index in [1.165, 1.54) is 19.3 Å². The lowest BCUT2D eigenvalue weighted by molar-refractivity contribution is 0.0900. The molecule has 20 heavy (non-hydrogen) atoms. The molecule has 1 heterocycles. The molecule has 0 saturated carbocycles. The number of aryl methyl sites for hydroxylation is 1. The average Bonchev–Trinajstić information content (AvgIpc) is 2.42. The molecule has 1 saturated heterocycles. The highest BCUT2D eigenvalue weighted by Crippen LogP contribution is 2.23. The van der Waals surface area contributed by atoms with Crippen LogP contribution in [-0.2, 0) is 0 Å². The Bertz CT molecular complexity index is 444. The molecule has 0 radical (unpaired) electrons. The van der Waals surface area contributed by atoms with Gasteiger partial charge in [0.05, 0.1) is 0 Å². The first-order valence-electron chi connectivity index (χ1n) is 7.94. The predicted octanol–water partition coefficient (Wildman–Crippen LogP) is 4.22. The fraction of sp³-hybridized carbons (Fsp3) is 0.611. The number of carbonyl (C=O) groups is 1. The second-order valence-corrected chi connectivity index (χ2v) is 6.21. The minimum atomic E-state index is 0.292. The molecule has 0 bridgehead atoms. The molecule has 2 nitrogen and oxygen atoms in total. The van der Waals surface area contributed by atoms with Crippen LogP contribution in [0.5, 0.6) is 0 Å². The smallest absolute Gasteiger partial charge is 0.163 e. The first-order chi connectivity index (χ1) is 9.59. The van der Waals surface area contributed by atoms with E-state index in [9.17, 15) is 4.79 Å². The van der Waals surface area contributed by atoms with Crippen LogP contribution >= 0.6 is 0 Å². The summed E-state index contributed by atoms with van der Waals surface area (Å²) in [4.78, 5) is 14.8. The van der Waals surface area contributed by atoms with Gasteiger partial charge >= 0.3 is 0 Å². The molecule has 110 valence electrons. The van der Waals surface area contributed by atoms with Crippen LogP contribution in [0.4, 0.5) is 0 Å². The summed E-state index contributed by atoms with van der Waals surface area (Å²) >= 11 is 0. The Balaban J connectivity index is 1.84. The average molecular weight is 273 g/mol. The Kier molecular flexibility index (Phi) is 5.36. The van der Waals surface area contributed by atoms with Gasteiger partial charge in [-0.3, -0.25) is 9.69 Å². The predicted molar refractivity (Wildman–Crippen MR) is 84.2 cm³/mol. The van der Waals surface area contributed by atoms with Crippen molar-refractivity contribution in [2.24, 2.45) is 0 Å². The van der Waals surface area contributed by atoms with Crippen molar-refractivity contribution in [3.05, 3.63) is 35.4 Å². The largest absolute Gasteiger partial charge is 0.298 e. The molecule has 0 amide bonds. The minimum Gasteiger partial charge on any atom is -0.298 e. The minimum absolute atomic E-state index is 0.292. The monoisotopic (exact) mass is 273 g/mol. The molecule has 2 atom stereocenters. The van der Waals surface area contributed by atoms with Crippen LogP contribution in [0.15, 0.2) is 24.3 Å². The third-order valence-corrected chi connectivity index (χ3v) is 4.64. The van der Waals surface area contributed by atoms with Crippen LogP contribution in [0.1, 0.15) is 61.9 Å². The molecule has 1 aliphatic heterocycles. The summed E-state index contributed by atoms with van der Waals surface area (Å²) in [7, 11) is 0. The van der Waals surface area contributed by atoms with Crippen molar-refractivity contribution in [1.82, 2.24) is 4.90 Å². The second kappa shape index (κ2) is 7.03. The van der Waals surface area contributed by atoms with E-state index in [0.717, 1.165) is 24.1 Å². The Morgan fingerprint density at radius 1 is 1.20 bits per heavy atom. The highest BCUT2D eigenvalue weighted by atomic mass is 16.1. The van der Waals surface area contributed by atoms with Crippen LogP contribution in [0, 0.1) is 6.92 Å². The van der Waals surface area contributed by atoms with Gasteiger partial charge in [0, 0.05) is 24.1 Å². The molecule has 1 aromatic rings. The lowest BCUT2D eigenvalue weighted by Gasteiger charge is -2.39. The summed E-state index contributed by atoms with van der Waals surface area (Å²) in [6, 6.07) is 9.25. The van der Waals surface area contributed by atoms with Gasteiger partial charge in [0.25, 0.3) is 0 Å². The van der Waals surface area contributed by atoms with E-state index < -0.39 is 0 Å². The molecule has 2 heteroatoms. The Hall–Kier alpha value is -1.15. The van der Waals surface area contributed by atoms with Crippen molar-refractivity contribution < 1.29 is 4.79 Å². The van der Waals surface area contributed by atoms with Crippen molar-refractivity contribution in [3.63, 3.8) is 0 Å².